The number of anilines is 4. The van der Waals surface area contributed by atoms with Crippen LogP contribution in [0.3, 0.4) is 0 Å². The fraction of sp³-hybridized carbons (Fsp3) is 0.179. The first-order valence-electron chi connectivity index (χ1n) is 14.7. The molecule has 0 aromatic heterocycles. The van der Waals surface area contributed by atoms with Gasteiger partial charge in [-0.1, -0.05) is 90.0 Å². The van der Waals surface area contributed by atoms with Gasteiger partial charge < -0.3 is 9.80 Å². The molecular formula is C39H38N2. The van der Waals surface area contributed by atoms with E-state index in [-0.39, 0.29) is 6.04 Å². The highest BCUT2D eigenvalue weighted by Crippen LogP contribution is 2.37. The number of allylic oxidation sites excluding steroid dienone is 5. The van der Waals surface area contributed by atoms with Gasteiger partial charge in [-0.25, -0.2) is 0 Å². The molecule has 0 fully saturated rings. The second-order valence-electron chi connectivity index (χ2n) is 11.2. The Bertz CT molecular complexity index is 1620. The van der Waals surface area contributed by atoms with Gasteiger partial charge in [0.1, 0.15) is 0 Å². The summed E-state index contributed by atoms with van der Waals surface area (Å²) in [6.07, 6.45) is 16.9. The van der Waals surface area contributed by atoms with Gasteiger partial charge in [0, 0.05) is 28.4 Å². The molecule has 0 heterocycles. The van der Waals surface area contributed by atoms with E-state index in [1.54, 1.807) is 0 Å². The van der Waals surface area contributed by atoms with Crippen LogP contribution in [0.5, 0.6) is 0 Å². The Morgan fingerprint density at radius 1 is 0.585 bits per heavy atom. The molecular weight excluding hydrogens is 496 g/mol. The molecule has 6 rings (SSSR count). The summed E-state index contributed by atoms with van der Waals surface area (Å²) < 4.78 is 0. The van der Waals surface area contributed by atoms with Gasteiger partial charge in [-0.05, 0) is 111 Å². The Labute approximate surface area is 245 Å². The lowest BCUT2D eigenvalue weighted by molar-refractivity contribution is 0.778. The van der Waals surface area contributed by atoms with Gasteiger partial charge in [0.05, 0.1) is 6.04 Å². The first-order valence-corrected chi connectivity index (χ1v) is 14.7. The SMILES string of the molecule is CC1=CC(N(c2ccc(N(C3=CCCC=C3)c3ccc(-c4ccc(C)cc4)cc3)cc2)c2cccc(C)c2)CC=C1. The zero-order valence-electron chi connectivity index (χ0n) is 24.3. The van der Waals surface area contributed by atoms with Gasteiger partial charge in [-0.15, -0.1) is 0 Å². The van der Waals surface area contributed by atoms with Gasteiger partial charge >= 0.3 is 0 Å². The summed E-state index contributed by atoms with van der Waals surface area (Å²) in [5.41, 5.74) is 12.3. The smallest absolute Gasteiger partial charge is 0.0562 e. The quantitative estimate of drug-likeness (QED) is 0.233. The van der Waals surface area contributed by atoms with E-state index >= 15 is 0 Å². The number of rotatable bonds is 7. The van der Waals surface area contributed by atoms with Crippen molar-refractivity contribution in [3.63, 3.8) is 0 Å². The van der Waals surface area contributed by atoms with E-state index in [1.807, 2.05) is 0 Å². The summed E-state index contributed by atoms with van der Waals surface area (Å²) in [5.74, 6) is 0. The van der Waals surface area contributed by atoms with E-state index in [2.05, 4.69) is 164 Å². The van der Waals surface area contributed by atoms with Crippen molar-refractivity contribution in [1.29, 1.82) is 0 Å². The number of benzene rings is 4. The minimum absolute atomic E-state index is 0.280. The Kier molecular flexibility index (Phi) is 7.73. The van der Waals surface area contributed by atoms with E-state index in [0.29, 0.717) is 0 Å². The van der Waals surface area contributed by atoms with Crippen molar-refractivity contribution in [3.8, 4) is 11.1 Å². The zero-order chi connectivity index (χ0) is 28.2. The highest BCUT2D eigenvalue weighted by atomic mass is 15.2. The lowest BCUT2D eigenvalue weighted by Crippen LogP contribution is -2.30. The maximum atomic E-state index is 2.48. The molecule has 41 heavy (non-hydrogen) atoms. The first kappa shape index (κ1) is 26.7. The van der Waals surface area contributed by atoms with Crippen molar-refractivity contribution in [2.75, 3.05) is 9.80 Å². The fourth-order valence-electron chi connectivity index (χ4n) is 5.83. The molecule has 1 unspecified atom stereocenters. The third kappa shape index (κ3) is 5.98. The Balaban J connectivity index is 1.36. The molecule has 0 amide bonds. The second kappa shape index (κ2) is 11.9. The van der Waals surface area contributed by atoms with Crippen LogP contribution in [-0.2, 0) is 0 Å². The molecule has 2 heteroatoms. The largest absolute Gasteiger partial charge is 0.334 e. The van der Waals surface area contributed by atoms with E-state index in [4.69, 9.17) is 0 Å². The molecule has 2 aliphatic carbocycles. The highest BCUT2D eigenvalue weighted by molar-refractivity contribution is 5.76. The van der Waals surface area contributed by atoms with Crippen LogP contribution in [0, 0.1) is 13.8 Å². The maximum absolute atomic E-state index is 2.48. The van der Waals surface area contributed by atoms with Gasteiger partial charge in [-0.2, -0.15) is 0 Å². The van der Waals surface area contributed by atoms with Crippen LogP contribution in [0.25, 0.3) is 11.1 Å². The predicted octanol–water partition coefficient (Wildman–Crippen LogP) is 10.8. The number of nitrogens with zero attached hydrogens (tertiary/aromatic N) is 2. The molecule has 0 bridgehead atoms. The van der Waals surface area contributed by atoms with Crippen LogP contribution in [0.15, 0.2) is 145 Å². The summed E-state index contributed by atoms with van der Waals surface area (Å²) in [6.45, 7) is 6.49. The molecule has 1 atom stereocenters. The first-order chi connectivity index (χ1) is 20.0. The standard InChI is InChI=1S/C39H38N2/c1-29-15-17-32(18-16-29)33-19-21-35(22-20-33)40(34-11-5-4-6-12-34)36-23-25-37(26-24-36)41(38-13-7-9-30(2)27-38)39-14-8-10-31(3)28-39/h5,7-13,15-28,39H,4,6,14H2,1-3H3. The average Bonchev–Trinajstić information content (AvgIpc) is 3.00. The normalized spacial score (nSPS) is 16.2. The third-order valence-electron chi connectivity index (χ3n) is 7.96. The average molecular weight is 535 g/mol. The lowest BCUT2D eigenvalue weighted by atomic mass is 10.00. The minimum atomic E-state index is 0.280. The summed E-state index contributed by atoms with van der Waals surface area (Å²) in [6, 6.07) is 35.9. The van der Waals surface area contributed by atoms with Crippen molar-refractivity contribution >= 4 is 22.7 Å². The summed E-state index contributed by atoms with van der Waals surface area (Å²) in [5, 5.41) is 0. The lowest BCUT2D eigenvalue weighted by Gasteiger charge is -2.34. The summed E-state index contributed by atoms with van der Waals surface area (Å²) in [7, 11) is 0. The molecule has 0 radical (unpaired) electrons. The van der Waals surface area contributed by atoms with E-state index in [0.717, 1.165) is 30.6 Å². The number of hydrogen-bond donors (Lipinski definition) is 0. The minimum Gasteiger partial charge on any atom is -0.334 e. The molecule has 204 valence electrons. The summed E-state index contributed by atoms with van der Waals surface area (Å²) in [4.78, 5) is 4.85. The van der Waals surface area contributed by atoms with Crippen LogP contribution in [0.2, 0.25) is 0 Å². The van der Waals surface area contributed by atoms with Crippen molar-refractivity contribution < 1.29 is 0 Å². The van der Waals surface area contributed by atoms with Crippen LogP contribution in [0.1, 0.15) is 37.3 Å². The number of aryl methyl sites for hydroxylation is 2. The highest BCUT2D eigenvalue weighted by Gasteiger charge is 2.21. The molecule has 0 aliphatic heterocycles. The molecule has 2 nitrogen and oxygen atoms in total. The van der Waals surface area contributed by atoms with Crippen molar-refractivity contribution in [3.05, 3.63) is 156 Å². The fourth-order valence-corrected chi connectivity index (χ4v) is 5.83. The molecule has 4 aromatic carbocycles. The van der Waals surface area contributed by atoms with Gasteiger partial charge in [0.15, 0.2) is 0 Å². The van der Waals surface area contributed by atoms with E-state index < -0.39 is 0 Å². The molecule has 0 spiro atoms. The van der Waals surface area contributed by atoms with Crippen molar-refractivity contribution in [2.45, 2.75) is 46.1 Å². The predicted molar refractivity (Wildman–Crippen MR) is 176 cm³/mol. The molecule has 0 saturated heterocycles. The van der Waals surface area contributed by atoms with E-state index in [1.165, 1.54) is 44.9 Å². The van der Waals surface area contributed by atoms with Crippen molar-refractivity contribution in [2.24, 2.45) is 0 Å². The van der Waals surface area contributed by atoms with Gasteiger partial charge in [-0.3, -0.25) is 0 Å². The summed E-state index contributed by atoms with van der Waals surface area (Å²) >= 11 is 0. The Hall–Kier alpha value is -4.56. The zero-order valence-corrected chi connectivity index (χ0v) is 24.3. The monoisotopic (exact) mass is 534 g/mol. The topological polar surface area (TPSA) is 6.48 Å². The van der Waals surface area contributed by atoms with Gasteiger partial charge in [0.2, 0.25) is 0 Å². The van der Waals surface area contributed by atoms with Crippen LogP contribution in [-0.4, -0.2) is 6.04 Å². The molecule has 0 N–H and O–H groups in total. The second-order valence-corrected chi connectivity index (χ2v) is 11.2. The van der Waals surface area contributed by atoms with Crippen LogP contribution >= 0.6 is 0 Å². The van der Waals surface area contributed by atoms with E-state index in [9.17, 15) is 0 Å². The van der Waals surface area contributed by atoms with Crippen LogP contribution in [0.4, 0.5) is 22.7 Å². The maximum Gasteiger partial charge on any atom is 0.0562 e. The number of hydrogen-bond acceptors (Lipinski definition) is 2. The van der Waals surface area contributed by atoms with Crippen LogP contribution < -0.4 is 9.80 Å². The Morgan fingerprint density at radius 3 is 1.88 bits per heavy atom. The molecule has 0 saturated carbocycles. The van der Waals surface area contributed by atoms with Crippen molar-refractivity contribution in [1.82, 2.24) is 0 Å². The molecule has 4 aromatic rings. The molecule has 2 aliphatic rings. The Morgan fingerprint density at radius 2 is 1.24 bits per heavy atom. The van der Waals surface area contributed by atoms with Gasteiger partial charge in [0.25, 0.3) is 0 Å². The third-order valence-corrected chi connectivity index (χ3v) is 7.96.